The van der Waals surface area contributed by atoms with Gasteiger partial charge in [-0.25, -0.2) is 0 Å². The minimum atomic E-state index is -0.471. The monoisotopic (exact) mass is 184 g/mol. The number of ether oxygens (including phenoxy) is 1. The van der Waals surface area contributed by atoms with E-state index in [1.54, 1.807) is 12.2 Å². The average molecular weight is 184 g/mol. The minimum Gasteiger partial charge on any atom is -0.458 e. The van der Waals surface area contributed by atoms with Crippen LogP contribution in [-0.4, -0.2) is 23.3 Å². The van der Waals surface area contributed by atoms with Gasteiger partial charge in [-0.3, -0.25) is 4.79 Å². The summed E-state index contributed by atoms with van der Waals surface area (Å²) in [4.78, 5) is 11.4. The van der Waals surface area contributed by atoms with E-state index < -0.39 is 11.5 Å². The maximum Gasteiger partial charge on any atom is 0.311 e. The Labute approximate surface area is 78.4 Å². The number of esters is 1. The summed E-state index contributed by atoms with van der Waals surface area (Å²) in [5, 5.41) is 9.14. The lowest BCUT2D eigenvalue weighted by Gasteiger charge is -2.19. The first-order valence-electron chi connectivity index (χ1n) is 4.47. The molecule has 1 aliphatic rings. The highest BCUT2D eigenvalue weighted by Crippen LogP contribution is 2.20. The third kappa shape index (κ3) is 2.84. The van der Waals surface area contributed by atoms with Crippen LogP contribution in [0.4, 0.5) is 0 Å². The number of hydrogen-bond acceptors (Lipinski definition) is 3. The molecule has 1 N–H and O–H groups in total. The van der Waals surface area contributed by atoms with Crippen LogP contribution in [0.1, 0.15) is 27.2 Å². The molecule has 0 spiro atoms. The van der Waals surface area contributed by atoms with Gasteiger partial charge >= 0.3 is 5.97 Å². The lowest BCUT2D eigenvalue weighted by atomic mass is 9.97. The van der Waals surface area contributed by atoms with Crippen LogP contribution >= 0.6 is 0 Å². The zero-order valence-corrected chi connectivity index (χ0v) is 8.28. The Balaban J connectivity index is 2.43. The summed E-state index contributed by atoms with van der Waals surface area (Å²) in [6.45, 7) is 5.43. The van der Waals surface area contributed by atoms with Crippen molar-refractivity contribution in [2.45, 2.75) is 39.4 Å². The molecule has 0 saturated carbocycles. The number of aliphatic hydroxyl groups excluding tert-OH is 1. The fourth-order valence-corrected chi connectivity index (χ4v) is 1.05. The molecule has 0 unspecified atom stereocenters. The van der Waals surface area contributed by atoms with Crippen molar-refractivity contribution < 1.29 is 14.6 Å². The molecule has 0 aromatic rings. The molecule has 0 heterocycles. The molecule has 0 aliphatic heterocycles. The van der Waals surface area contributed by atoms with Crippen molar-refractivity contribution in [1.82, 2.24) is 0 Å². The van der Waals surface area contributed by atoms with Gasteiger partial charge in [-0.1, -0.05) is 6.08 Å². The standard InChI is InChI=1S/C10H16O3/c1-10(2,3)9(12)13-8-5-4-7(11)6-8/h4-5,7-8,11H,6H2,1-3H3/t7-,8-/m0/s1. The second-order valence-corrected chi connectivity index (χ2v) is 4.38. The molecule has 0 aromatic carbocycles. The van der Waals surface area contributed by atoms with Crippen LogP contribution < -0.4 is 0 Å². The summed E-state index contributed by atoms with van der Waals surface area (Å²) >= 11 is 0. The fraction of sp³-hybridized carbons (Fsp3) is 0.700. The van der Waals surface area contributed by atoms with E-state index in [1.807, 2.05) is 20.8 Å². The maximum atomic E-state index is 11.4. The highest BCUT2D eigenvalue weighted by Gasteiger charge is 2.27. The number of carbonyl (C=O) groups is 1. The molecule has 74 valence electrons. The molecule has 2 atom stereocenters. The van der Waals surface area contributed by atoms with E-state index in [2.05, 4.69) is 0 Å². The molecule has 0 bridgehead atoms. The largest absolute Gasteiger partial charge is 0.458 e. The van der Waals surface area contributed by atoms with Gasteiger partial charge in [0.2, 0.25) is 0 Å². The Morgan fingerprint density at radius 2 is 2.08 bits per heavy atom. The van der Waals surface area contributed by atoms with Crippen molar-refractivity contribution in [1.29, 1.82) is 0 Å². The first-order chi connectivity index (χ1) is 5.89. The zero-order chi connectivity index (χ0) is 10.1. The van der Waals surface area contributed by atoms with Crippen molar-refractivity contribution in [3.8, 4) is 0 Å². The van der Waals surface area contributed by atoms with Crippen molar-refractivity contribution in [3.05, 3.63) is 12.2 Å². The zero-order valence-electron chi connectivity index (χ0n) is 8.28. The molecule has 0 aromatic heterocycles. The smallest absolute Gasteiger partial charge is 0.311 e. The second-order valence-electron chi connectivity index (χ2n) is 4.38. The molecule has 3 heteroatoms. The van der Waals surface area contributed by atoms with Crippen LogP contribution in [0.2, 0.25) is 0 Å². The Morgan fingerprint density at radius 1 is 1.46 bits per heavy atom. The summed E-state index contributed by atoms with van der Waals surface area (Å²) in [5.74, 6) is -0.226. The summed E-state index contributed by atoms with van der Waals surface area (Å²) < 4.78 is 5.16. The Kier molecular flexibility index (Phi) is 2.76. The SMILES string of the molecule is CC(C)(C)C(=O)O[C@H]1C=C[C@H](O)C1. The number of aliphatic hydroxyl groups is 1. The van der Waals surface area contributed by atoms with E-state index in [9.17, 15) is 4.79 Å². The quantitative estimate of drug-likeness (QED) is 0.493. The van der Waals surface area contributed by atoms with Crippen molar-refractivity contribution >= 4 is 5.97 Å². The summed E-state index contributed by atoms with van der Waals surface area (Å²) in [5.41, 5.74) is -0.471. The number of rotatable bonds is 1. The van der Waals surface area contributed by atoms with Gasteiger partial charge in [-0.05, 0) is 26.8 Å². The van der Waals surface area contributed by atoms with Gasteiger partial charge in [0.1, 0.15) is 6.10 Å². The highest BCUT2D eigenvalue weighted by atomic mass is 16.5. The lowest BCUT2D eigenvalue weighted by Crippen LogP contribution is -2.27. The topological polar surface area (TPSA) is 46.5 Å². The lowest BCUT2D eigenvalue weighted by molar-refractivity contribution is -0.156. The molecule has 3 nitrogen and oxygen atoms in total. The Bertz CT molecular complexity index is 225. The van der Waals surface area contributed by atoms with Gasteiger partial charge in [0.25, 0.3) is 0 Å². The van der Waals surface area contributed by atoms with E-state index in [0.717, 1.165) is 0 Å². The van der Waals surface area contributed by atoms with Crippen LogP contribution in [-0.2, 0) is 9.53 Å². The third-order valence-electron chi connectivity index (χ3n) is 1.89. The predicted molar refractivity (Wildman–Crippen MR) is 49.1 cm³/mol. The van der Waals surface area contributed by atoms with Crippen LogP contribution in [0.3, 0.4) is 0 Å². The molecule has 0 saturated heterocycles. The minimum absolute atomic E-state index is 0.226. The van der Waals surface area contributed by atoms with E-state index in [0.29, 0.717) is 6.42 Å². The normalized spacial score (nSPS) is 27.7. The van der Waals surface area contributed by atoms with Crippen molar-refractivity contribution in [2.24, 2.45) is 5.41 Å². The van der Waals surface area contributed by atoms with Crippen molar-refractivity contribution in [2.75, 3.05) is 0 Å². The van der Waals surface area contributed by atoms with E-state index in [1.165, 1.54) is 0 Å². The first kappa shape index (κ1) is 10.3. The average Bonchev–Trinajstić information content (AvgIpc) is 2.33. The molecule has 0 fully saturated rings. The summed E-state index contributed by atoms with van der Waals surface area (Å²) in [6.07, 6.45) is 3.16. The maximum absolute atomic E-state index is 11.4. The number of carbonyl (C=O) groups excluding carboxylic acids is 1. The third-order valence-corrected chi connectivity index (χ3v) is 1.89. The number of hydrogen-bond donors (Lipinski definition) is 1. The van der Waals surface area contributed by atoms with Gasteiger partial charge in [0.05, 0.1) is 11.5 Å². The Hall–Kier alpha value is -0.830. The van der Waals surface area contributed by atoms with Crippen LogP contribution in [0, 0.1) is 5.41 Å². The van der Waals surface area contributed by atoms with Crippen molar-refractivity contribution in [3.63, 3.8) is 0 Å². The van der Waals surface area contributed by atoms with E-state index in [4.69, 9.17) is 9.84 Å². The molecular formula is C10H16O3. The van der Waals surface area contributed by atoms with E-state index >= 15 is 0 Å². The van der Waals surface area contributed by atoms with Crippen LogP contribution in [0.15, 0.2) is 12.2 Å². The van der Waals surface area contributed by atoms with Gasteiger partial charge < -0.3 is 9.84 Å². The molecule has 0 amide bonds. The van der Waals surface area contributed by atoms with Gasteiger partial charge in [0, 0.05) is 6.42 Å². The van der Waals surface area contributed by atoms with Gasteiger partial charge in [0.15, 0.2) is 0 Å². The van der Waals surface area contributed by atoms with Crippen LogP contribution in [0.5, 0.6) is 0 Å². The van der Waals surface area contributed by atoms with Gasteiger partial charge in [-0.2, -0.15) is 0 Å². The molecule has 1 aliphatic carbocycles. The first-order valence-corrected chi connectivity index (χ1v) is 4.47. The van der Waals surface area contributed by atoms with Gasteiger partial charge in [-0.15, -0.1) is 0 Å². The molecule has 1 rings (SSSR count). The van der Waals surface area contributed by atoms with Crippen LogP contribution in [0.25, 0.3) is 0 Å². The Morgan fingerprint density at radius 3 is 2.46 bits per heavy atom. The highest BCUT2D eigenvalue weighted by molar-refractivity contribution is 5.75. The predicted octanol–water partition coefficient (Wildman–Crippen LogP) is 1.27. The van der Waals surface area contributed by atoms with E-state index in [-0.39, 0.29) is 12.1 Å². The molecule has 13 heavy (non-hydrogen) atoms. The molecular weight excluding hydrogens is 168 g/mol. The fourth-order valence-electron chi connectivity index (χ4n) is 1.05. The second kappa shape index (κ2) is 3.50. The molecule has 0 radical (unpaired) electrons. The summed E-state index contributed by atoms with van der Waals surface area (Å²) in [7, 11) is 0. The summed E-state index contributed by atoms with van der Waals surface area (Å²) in [6, 6.07) is 0.